The van der Waals surface area contributed by atoms with Crippen LogP contribution in [0.15, 0.2) is 18.2 Å². The Balaban J connectivity index is 2.36. The maximum atomic E-state index is 13.4. The fourth-order valence-corrected chi connectivity index (χ4v) is 4.61. The number of carbonyl (C=O) groups excluding carboxylic acids is 5. The minimum atomic E-state index is -1.36. The zero-order valence-electron chi connectivity index (χ0n) is 24.2. The van der Waals surface area contributed by atoms with Gasteiger partial charge in [0.25, 0.3) is 5.91 Å². The van der Waals surface area contributed by atoms with Gasteiger partial charge in [-0.1, -0.05) is 52.5 Å². The maximum absolute atomic E-state index is 13.4. The van der Waals surface area contributed by atoms with Gasteiger partial charge in [-0.25, -0.2) is 4.79 Å². The Kier molecular flexibility index (Phi) is 12.9. The van der Waals surface area contributed by atoms with Crippen LogP contribution in [0, 0.1) is 11.8 Å². The molecule has 0 unspecified atom stereocenters. The zero-order chi connectivity index (χ0) is 29.8. The molecule has 11 heteroatoms. The molecular weight excluding hydrogens is 520 g/mol. The molecule has 1 aliphatic heterocycles. The minimum absolute atomic E-state index is 0.0356. The molecule has 0 aliphatic carbocycles. The molecule has 1 saturated heterocycles. The van der Waals surface area contributed by atoms with Crippen molar-refractivity contribution in [2.45, 2.75) is 97.5 Å². The lowest BCUT2D eigenvalue weighted by Gasteiger charge is -2.29. The van der Waals surface area contributed by atoms with E-state index in [1.54, 1.807) is 13.0 Å². The number of para-hydroxylation sites is 1. The number of methoxy groups -OCH3 is 1. The fourth-order valence-electron chi connectivity index (χ4n) is 4.61. The van der Waals surface area contributed by atoms with Gasteiger partial charge >= 0.3 is 17.9 Å². The maximum Gasteiger partial charge on any atom is 0.332 e. The molecule has 40 heavy (non-hydrogen) atoms. The highest BCUT2D eigenvalue weighted by molar-refractivity contribution is 6.01. The molecule has 222 valence electrons. The summed E-state index contributed by atoms with van der Waals surface area (Å²) in [6, 6.07) is 3.18. The van der Waals surface area contributed by atoms with Gasteiger partial charge < -0.3 is 29.6 Å². The van der Waals surface area contributed by atoms with Crippen LogP contribution in [0.5, 0.6) is 5.75 Å². The van der Waals surface area contributed by atoms with Gasteiger partial charge in [0.15, 0.2) is 17.9 Å². The Morgan fingerprint density at radius 1 is 1.05 bits per heavy atom. The molecule has 1 heterocycles. The van der Waals surface area contributed by atoms with Crippen molar-refractivity contribution in [3.63, 3.8) is 0 Å². The van der Waals surface area contributed by atoms with Crippen LogP contribution in [0.1, 0.15) is 83.5 Å². The Morgan fingerprint density at radius 2 is 1.75 bits per heavy atom. The van der Waals surface area contributed by atoms with Crippen LogP contribution >= 0.6 is 0 Å². The number of amides is 2. The Morgan fingerprint density at radius 3 is 2.38 bits per heavy atom. The summed E-state index contributed by atoms with van der Waals surface area (Å²) in [7, 11) is 1.34. The van der Waals surface area contributed by atoms with Gasteiger partial charge in [0.05, 0.1) is 24.3 Å². The first-order chi connectivity index (χ1) is 19.0. The second-order valence-corrected chi connectivity index (χ2v) is 10.4. The summed E-state index contributed by atoms with van der Waals surface area (Å²) in [6.45, 7) is 8.87. The highest BCUT2D eigenvalue weighted by Crippen LogP contribution is 2.30. The smallest absolute Gasteiger partial charge is 0.332 e. The van der Waals surface area contributed by atoms with Crippen LogP contribution in [-0.4, -0.2) is 61.7 Å². The van der Waals surface area contributed by atoms with E-state index >= 15 is 0 Å². The highest BCUT2D eigenvalue weighted by atomic mass is 16.6. The summed E-state index contributed by atoms with van der Waals surface area (Å²) in [6.07, 6.45) is 1.43. The van der Waals surface area contributed by atoms with E-state index in [9.17, 15) is 24.0 Å². The number of hydrogen-bond donors (Lipinski definition) is 2. The van der Waals surface area contributed by atoms with E-state index < -0.39 is 54.1 Å². The largest absolute Gasteiger partial charge is 0.494 e. The average molecular weight is 563 g/mol. The van der Waals surface area contributed by atoms with Crippen molar-refractivity contribution in [3.8, 4) is 5.75 Å². The van der Waals surface area contributed by atoms with Crippen molar-refractivity contribution in [3.05, 3.63) is 23.8 Å². The van der Waals surface area contributed by atoms with Crippen molar-refractivity contribution in [2.75, 3.05) is 12.4 Å². The summed E-state index contributed by atoms with van der Waals surface area (Å²) in [5.74, 6) is -3.41. The number of carbonyl (C=O) groups is 5. The third kappa shape index (κ3) is 8.96. The first-order valence-corrected chi connectivity index (χ1v) is 13.8. The van der Waals surface area contributed by atoms with Crippen molar-refractivity contribution < 1.29 is 42.9 Å². The second-order valence-electron chi connectivity index (χ2n) is 10.4. The fraction of sp³-hybridized carbons (Fsp3) is 0.621. The molecule has 1 aromatic carbocycles. The quantitative estimate of drug-likeness (QED) is 0.159. The number of esters is 3. The number of cyclic esters (lactones) is 2. The lowest BCUT2D eigenvalue weighted by Crippen LogP contribution is -2.50. The molecule has 1 fully saturated rings. The van der Waals surface area contributed by atoms with E-state index in [0.29, 0.717) is 19.3 Å². The minimum Gasteiger partial charge on any atom is -0.494 e. The number of hydrogen-bond acceptors (Lipinski definition) is 9. The van der Waals surface area contributed by atoms with Gasteiger partial charge in [-0.2, -0.15) is 0 Å². The lowest BCUT2D eigenvalue weighted by atomic mass is 9.92. The number of nitrogens with one attached hydrogen (secondary N) is 2. The molecule has 2 rings (SSSR count). The number of benzene rings is 1. The summed E-state index contributed by atoms with van der Waals surface area (Å²) in [5, 5.41) is 5.03. The summed E-state index contributed by atoms with van der Waals surface area (Å²) < 4.78 is 22.4. The molecule has 11 nitrogen and oxygen atoms in total. The van der Waals surface area contributed by atoms with Crippen molar-refractivity contribution >= 4 is 35.9 Å². The first kappa shape index (κ1) is 32.6. The number of rotatable bonds is 13. The summed E-state index contributed by atoms with van der Waals surface area (Å²) in [5.41, 5.74) is 0.301. The van der Waals surface area contributed by atoms with E-state index in [2.05, 4.69) is 17.6 Å². The molecule has 1 aromatic rings. The van der Waals surface area contributed by atoms with Gasteiger partial charge in [0.1, 0.15) is 12.2 Å². The summed E-state index contributed by atoms with van der Waals surface area (Å²) in [4.78, 5) is 63.5. The molecule has 2 amide bonds. The Bertz CT molecular complexity index is 1040. The Hall–Kier alpha value is -3.63. The van der Waals surface area contributed by atoms with Gasteiger partial charge in [-0.3, -0.25) is 19.2 Å². The van der Waals surface area contributed by atoms with Crippen LogP contribution in [0.2, 0.25) is 0 Å². The predicted molar refractivity (Wildman–Crippen MR) is 147 cm³/mol. The third-order valence-electron chi connectivity index (χ3n) is 6.67. The van der Waals surface area contributed by atoms with E-state index in [-0.39, 0.29) is 29.3 Å². The molecule has 2 N–H and O–H groups in total. The van der Waals surface area contributed by atoms with Crippen molar-refractivity contribution in [1.82, 2.24) is 5.32 Å². The molecule has 0 bridgehead atoms. The van der Waals surface area contributed by atoms with Gasteiger partial charge in [0.2, 0.25) is 6.41 Å². The highest BCUT2D eigenvalue weighted by Gasteiger charge is 2.44. The van der Waals surface area contributed by atoms with Crippen LogP contribution in [0.3, 0.4) is 0 Å². The monoisotopic (exact) mass is 562 g/mol. The molecule has 0 aromatic heterocycles. The van der Waals surface area contributed by atoms with Crippen LogP contribution in [0.4, 0.5) is 5.69 Å². The van der Waals surface area contributed by atoms with E-state index in [1.807, 2.05) is 13.8 Å². The van der Waals surface area contributed by atoms with Gasteiger partial charge in [-0.05, 0) is 38.3 Å². The molecule has 0 radical (unpaired) electrons. The van der Waals surface area contributed by atoms with Gasteiger partial charge in [-0.15, -0.1) is 0 Å². The first-order valence-electron chi connectivity index (χ1n) is 13.8. The molecular formula is C29H42N2O9. The zero-order valence-corrected chi connectivity index (χ0v) is 24.2. The van der Waals surface area contributed by atoms with Crippen LogP contribution in [0.25, 0.3) is 0 Å². The van der Waals surface area contributed by atoms with Crippen LogP contribution < -0.4 is 15.4 Å². The van der Waals surface area contributed by atoms with E-state index in [1.165, 1.54) is 26.2 Å². The molecule has 5 atom stereocenters. The SMILES string of the molecule is CCCCCC[C@H]1C(=O)O[C@H](C)[C@H](NC(=O)c2cccc(NC=O)c2OC)C(=O)O[C@@H](C)[C@@H]1OC(=O)CC(C)C. The molecule has 0 spiro atoms. The molecule has 1 aliphatic rings. The number of ether oxygens (including phenoxy) is 4. The normalized spacial score (nSPS) is 23.1. The van der Waals surface area contributed by atoms with Crippen molar-refractivity contribution in [2.24, 2.45) is 11.8 Å². The van der Waals surface area contributed by atoms with E-state index in [0.717, 1.165) is 19.3 Å². The average Bonchev–Trinajstić information content (AvgIpc) is 2.91. The summed E-state index contributed by atoms with van der Waals surface area (Å²) >= 11 is 0. The number of anilines is 1. The van der Waals surface area contributed by atoms with E-state index in [4.69, 9.17) is 18.9 Å². The lowest BCUT2D eigenvalue weighted by molar-refractivity contribution is -0.175. The molecule has 0 saturated carbocycles. The Labute approximate surface area is 235 Å². The van der Waals surface area contributed by atoms with Gasteiger partial charge in [0, 0.05) is 6.42 Å². The topological polar surface area (TPSA) is 146 Å². The standard InChI is InChI=1S/C29H42N2O9/c1-7-8-9-10-12-21-25(40-23(33)15-17(2)3)19(5)39-29(36)24(18(4)38-28(21)35)31-27(34)20-13-11-14-22(30-16-32)26(20)37-6/h11,13-14,16-19,21,24-25H,7-10,12,15H2,1-6H3,(H,30,32)(H,31,34)/t18-,19+,21-,24+,25+/m1/s1. The third-order valence-corrected chi connectivity index (χ3v) is 6.67. The van der Waals surface area contributed by atoms with Crippen LogP contribution in [-0.2, 0) is 33.4 Å². The van der Waals surface area contributed by atoms with Crippen molar-refractivity contribution in [1.29, 1.82) is 0 Å². The number of unbranched alkanes of at least 4 members (excludes halogenated alkanes) is 3. The second kappa shape index (κ2) is 15.8. The predicted octanol–water partition coefficient (Wildman–Crippen LogP) is 3.78.